The topological polar surface area (TPSA) is 227 Å². The van der Waals surface area contributed by atoms with E-state index < -0.39 is 91.7 Å². The van der Waals surface area contributed by atoms with Crippen LogP contribution in [0.4, 0.5) is 20.4 Å². The van der Waals surface area contributed by atoms with Gasteiger partial charge < -0.3 is 30.4 Å². The normalized spacial score (nSPS) is 26.4. The van der Waals surface area contributed by atoms with Crippen molar-refractivity contribution >= 4 is 59.0 Å². The first-order valence-corrected chi connectivity index (χ1v) is 22.3. The summed E-state index contributed by atoms with van der Waals surface area (Å²) in [6.45, 7) is 7.96. The number of rotatable bonds is 12. The molecule has 60 heavy (non-hydrogen) atoms. The maximum atomic E-state index is 14.5. The van der Waals surface area contributed by atoms with Crippen molar-refractivity contribution in [1.82, 2.24) is 19.1 Å². The Morgan fingerprint density at radius 1 is 0.717 bits per heavy atom. The van der Waals surface area contributed by atoms with Crippen LogP contribution in [0.2, 0.25) is 0 Å². The smallest absolute Gasteiger partial charge is 0.357 e. The van der Waals surface area contributed by atoms with Crippen molar-refractivity contribution in [2.75, 3.05) is 23.0 Å². The van der Waals surface area contributed by atoms with Crippen LogP contribution < -0.4 is 22.8 Å². The van der Waals surface area contributed by atoms with E-state index in [4.69, 9.17) is 30.4 Å². The van der Waals surface area contributed by atoms with Crippen LogP contribution in [-0.4, -0.2) is 64.4 Å². The molecule has 2 saturated heterocycles. The monoisotopic (exact) mass is 878 g/mol. The Kier molecular flexibility index (Phi) is 13.7. The standard InChI is InChI=1S/C40H52F2N6O10S2/c1-23(2)17-37(13-7-5-8-14-37)39(57-27(21-59-39)47-19-25(41)31(43)45-35(47)53)33(51)55-29(49)11-12-30(50)56-34(52)40(38(18-24(3)4)15-9-6-10-16-38)58-28(22-60-40)48-20-26(42)32(44)46-36(48)54/h11-12,19-20,23-24,27-28H,5-10,13-18,21-22H2,1-4H3,(H2,43,45,53)(H2,44,46,54)/b12-11-/t27-,28-,39-,40-/m0/s1. The van der Waals surface area contributed by atoms with Crippen LogP contribution in [0.5, 0.6) is 0 Å². The number of halogens is 2. The highest BCUT2D eigenvalue weighted by atomic mass is 32.2. The van der Waals surface area contributed by atoms with Gasteiger partial charge in [-0.15, -0.1) is 23.5 Å². The molecule has 20 heteroatoms. The summed E-state index contributed by atoms with van der Waals surface area (Å²) in [6.07, 6.45) is 8.76. The summed E-state index contributed by atoms with van der Waals surface area (Å²) in [5, 5.41) is 0. The Morgan fingerprint density at radius 3 is 1.40 bits per heavy atom. The van der Waals surface area contributed by atoms with E-state index in [1.807, 2.05) is 27.7 Å². The van der Waals surface area contributed by atoms with Crippen LogP contribution in [0.1, 0.15) is 117 Å². The van der Waals surface area contributed by atoms with Gasteiger partial charge in [-0.1, -0.05) is 66.2 Å². The average Bonchev–Trinajstić information content (AvgIpc) is 3.85. The first-order chi connectivity index (χ1) is 28.4. The van der Waals surface area contributed by atoms with E-state index in [1.54, 1.807) is 0 Å². The Bertz CT molecular complexity index is 1990. The number of aromatic nitrogens is 4. The molecule has 2 aliphatic carbocycles. The van der Waals surface area contributed by atoms with Gasteiger partial charge in [0.2, 0.25) is 9.87 Å². The third-order valence-corrected chi connectivity index (χ3v) is 15.0. The van der Waals surface area contributed by atoms with Crippen molar-refractivity contribution in [3.8, 4) is 0 Å². The quantitative estimate of drug-likeness (QED) is 0.151. The molecule has 4 atom stereocenters. The Balaban J connectivity index is 1.24. The van der Waals surface area contributed by atoms with Crippen molar-refractivity contribution in [1.29, 1.82) is 0 Å². The lowest BCUT2D eigenvalue weighted by Crippen LogP contribution is -2.55. The third kappa shape index (κ3) is 8.79. The van der Waals surface area contributed by atoms with E-state index in [0.29, 0.717) is 50.7 Å². The van der Waals surface area contributed by atoms with Gasteiger partial charge in [-0.25, -0.2) is 37.5 Å². The molecular weight excluding hydrogens is 827 g/mol. The second-order valence-corrected chi connectivity index (χ2v) is 19.4. The molecule has 2 aromatic rings. The summed E-state index contributed by atoms with van der Waals surface area (Å²) >= 11 is 2.11. The summed E-state index contributed by atoms with van der Waals surface area (Å²) in [5.74, 6) is -7.54. The number of nitrogens with zero attached hydrogens (tertiary/aromatic N) is 4. The summed E-state index contributed by atoms with van der Waals surface area (Å²) < 4.78 is 54.5. The molecule has 0 amide bonds. The van der Waals surface area contributed by atoms with Crippen LogP contribution in [0.3, 0.4) is 0 Å². The second-order valence-electron chi connectivity index (χ2n) is 17.0. The number of esters is 4. The molecular formula is C40H52F2N6O10S2. The first-order valence-electron chi connectivity index (χ1n) is 20.3. The fraction of sp³-hybridized carbons (Fsp3) is 0.650. The number of hydrogen-bond donors (Lipinski definition) is 2. The van der Waals surface area contributed by atoms with Gasteiger partial charge in [-0.3, -0.25) is 9.13 Å². The lowest BCUT2D eigenvalue weighted by atomic mass is 9.65. The molecule has 2 saturated carbocycles. The van der Waals surface area contributed by atoms with Crippen molar-refractivity contribution < 1.29 is 46.9 Å². The summed E-state index contributed by atoms with van der Waals surface area (Å²) in [6, 6.07) is 0. The summed E-state index contributed by atoms with van der Waals surface area (Å²) in [4.78, 5) is 84.4. The molecule has 0 spiro atoms. The molecule has 0 radical (unpaired) electrons. The number of thioether (sulfide) groups is 2. The number of nitrogens with two attached hydrogens (primary N) is 2. The molecule has 2 aromatic heterocycles. The molecule has 4 fully saturated rings. The second kappa shape index (κ2) is 18.1. The minimum atomic E-state index is -1.81. The van der Waals surface area contributed by atoms with Crippen LogP contribution in [0.25, 0.3) is 0 Å². The molecule has 328 valence electrons. The molecule has 16 nitrogen and oxygen atoms in total. The number of carbonyl (C=O) groups excluding carboxylic acids is 4. The Morgan fingerprint density at radius 2 is 1.07 bits per heavy atom. The Hall–Kier alpha value is -4.14. The molecule has 4 aliphatic rings. The predicted molar refractivity (Wildman–Crippen MR) is 218 cm³/mol. The van der Waals surface area contributed by atoms with Crippen molar-refractivity contribution in [2.24, 2.45) is 22.7 Å². The highest BCUT2D eigenvalue weighted by molar-refractivity contribution is 8.01. The maximum absolute atomic E-state index is 14.5. The van der Waals surface area contributed by atoms with Gasteiger partial charge in [0.05, 0.1) is 12.4 Å². The van der Waals surface area contributed by atoms with Crippen molar-refractivity contribution in [3.05, 3.63) is 57.1 Å². The summed E-state index contributed by atoms with van der Waals surface area (Å²) in [5.41, 5.74) is 7.53. The highest BCUT2D eigenvalue weighted by Gasteiger charge is 2.65. The van der Waals surface area contributed by atoms with Gasteiger partial charge in [-0.2, -0.15) is 9.97 Å². The number of carbonyl (C=O) groups is 4. The zero-order chi connectivity index (χ0) is 43.6. The molecule has 0 bridgehead atoms. The molecule has 4 N–H and O–H groups in total. The molecule has 0 aromatic carbocycles. The SMILES string of the molecule is CC(C)CC1([C@@]2(C(=O)OC(=O)/C=C\C(=O)OC(=O)[C@]3(C4(CC(C)C)CCCCC4)O[C@H](n4cc(F)c(N)nc4=O)CS3)O[C@H](n3cc(F)c(N)nc3=O)CS2)CCCCC1. The van der Waals surface area contributed by atoms with Crippen molar-refractivity contribution in [3.63, 3.8) is 0 Å². The lowest BCUT2D eigenvalue weighted by Gasteiger charge is -2.48. The minimum absolute atomic E-state index is 0.0117. The Labute approximate surface area is 353 Å². The maximum Gasteiger partial charge on any atom is 0.357 e. The zero-order valence-electron chi connectivity index (χ0n) is 34.1. The van der Waals surface area contributed by atoms with E-state index in [0.717, 1.165) is 83.6 Å². The van der Waals surface area contributed by atoms with E-state index >= 15 is 0 Å². The van der Waals surface area contributed by atoms with E-state index in [1.165, 1.54) is 0 Å². The van der Waals surface area contributed by atoms with Crippen molar-refractivity contribution in [2.45, 2.75) is 127 Å². The van der Waals surface area contributed by atoms with Gasteiger partial charge >= 0.3 is 35.3 Å². The van der Waals surface area contributed by atoms with Gasteiger partial charge in [-0.05, 0) is 50.4 Å². The van der Waals surface area contributed by atoms with Gasteiger partial charge in [0.1, 0.15) is 12.5 Å². The van der Waals surface area contributed by atoms with Gasteiger partial charge in [0, 0.05) is 34.5 Å². The van der Waals surface area contributed by atoms with Crippen LogP contribution in [0, 0.1) is 34.3 Å². The largest absolute Gasteiger partial charge is 0.387 e. The number of hydrogen-bond acceptors (Lipinski definition) is 16. The third-order valence-electron chi connectivity index (χ3n) is 11.8. The van der Waals surface area contributed by atoms with Crippen LogP contribution >= 0.6 is 23.5 Å². The minimum Gasteiger partial charge on any atom is -0.387 e. The zero-order valence-corrected chi connectivity index (χ0v) is 35.7. The highest BCUT2D eigenvalue weighted by Crippen LogP contribution is 2.62. The molecule has 4 heterocycles. The lowest BCUT2D eigenvalue weighted by molar-refractivity contribution is -0.192. The molecule has 6 rings (SSSR count). The molecule has 0 unspecified atom stereocenters. The first kappa shape index (κ1) is 45.4. The van der Waals surface area contributed by atoms with Gasteiger partial charge in [0.25, 0.3) is 0 Å². The van der Waals surface area contributed by atoms with Gasteiger partial charge in [0.15, 0.2) is 23.3 Å². The van der Waals surface area contributed by atoms with E-state index in [9.17, 15) is 37.5 Å². The number of nitrogen functional groups attached to an aromatic ring is 2. The van der Waals surface area contributed by atoms with E-state index in [-0.39, 0.29) is 23.3 Å². The van der Waals surface area contributed by atoms with E-state index in [2.05, 4.69) is 9.97 Å². The fourth-order valence-corrected chi connectivity index (χ4v) is 12.7. The average molecular weight is 879 g/mol. The number of anilines is 2. The fourth-order valence-electron chi connectivity index (χ4n) is 9.58. The number of ether oxygens (including phenoxy) is 4. The predicted octanol–water partition coefficient (Wildman–Crippen LogP) is 5.55. The van der Waals surface area contributed by atoms with Crippen LogP contribution in [0.15, 0.2) is 34.1 Å². The molecule has 2 aliphatic heterocycles. The summed E-state index contributed by atoms with van der Waals surface area (Å²) in [7, 11) is 0. The van der Waals surface area contributed by atoms with Crippen LogP contribution in [-0.2, 0) is 38.1 Å².